The monoisotopic (exact) mass is 339 g/mol. The number of nitrogens with one attached hydrogen (secondary N) is 1. The Labute approximate surface area is 148 Å². The summed E-state index contributed by atoms with van der Waals surface area (Å²) in [5.41, 5.74) is 3.20. The minimum Gasteiger partial charge on any atom is -0.352 e. The molecule has 6 heteroatoms. The summed E-state index contributed by atoms with van der Waals surface area (Å²) in [6.07, 6.45) is 7.33. The second kappa shape index (κ2) is 7.59. The lowest BCUT2D eigenvalue weighted by Crippen LogP contribution is -2.36. The summed E-state index contributed by atoms with van der Waals surface area (Å²) in [7, 11) is 0. The van der Waals surface area contributed by atoms with E-state index >= 15 is 0 Å². The van der Waals surface area contributed by atoms with Crippen molar-refractivity contribution in [2.24, 2.45) is 0 Å². The lowest BCUT2D eigenvalue weighted by molar-refractivity contribution is -0.129. The van der Waals surface area contributed by atoms with Gasteiger partial charge in [-0.15, -0.1) is 0 Å². The molecular formula is C19H25N5O. The Balaban J connectivity index is 1.93. The molecule has 1 saturated heterocycles. The Morgan fingerprint density at radius 3 is 2.52 bits per heavy atom. The van der Waals surface area contributed by atoms with Crippen LogP contribution < -0.4 is 5.32 Å². The summed E-state index contributed by atoms with van der Waals surface area (Å²) >= 11 is 0. The molecule has 0 spiro atoms. The lowest BCUT2D eigenvalue weighted by atomic mass is 9.89. The molecule has 0 radical (unpaired) electrons. The largest absolute Gasteiger partial charge is 0.352 e. The third-order valence-corrected chi connectivity index (χ3v) is 4.55. The number of anilines is 1. The molecule has 1 aliphatic heterocycles. The maximum absolute atomic E-state index is 11.6. The van der Waals surface area contributed by atoms with Crippen molar-refractivity contribution in [1.82, 2.24) is 19.9 Å². The number of carbonyl (C=O) groups is 1. The normalized spacial score (nSPS) is 15.4. The number of hydrogen-bond donors (Lipinski definition) is 1. The zero-order chi connectivity index (χ0) is 17.8. The number of carbonyl (C=O) groups excluding carboxylic acids is 1. The van der Waals surface area contributed by atoms with Gasteiger partial charge in [-0.1, -0.05) is 0 Å². The van der Waals surface area contributed by atoms with E-state index in [4.69, 9.17) is 4.98 Å². The molecule has 6 nitrogen and oxygen atoms in total. The quantitative estimate of drug-likeness (QED) is 0.927. The van der Waals surface area contributed by atoms with Gasteiger partial charge in [0, 0.05) is 56.1 Å². The van der Waals surface area contributed by atoms with Crippen molar-refractivity contribution in [2.45, 2.75) is 45.6 Å². The smallest absolute Gasteiger partial charge is 0.223 e. The first-order chi connectivity index (χ1) is 12.0. The Kier molecular flexibility index (Phi) is 5.26. The number of piperidine rings is 1. The summed E-state index contributed by atoms with van der Waals surface area (Å²) in [6, 6.07) is 4.25. The summed E-state index contributed by atoms with van der Waals surface area (Å²) in [6.45, 7) is 7.36. The minimum absolute atomic E-state index is 0.151. The van der Waals surface area contributed by atoms with Gasteiger partial charge < -0.3 is 10.2 Å². The molecule has 2 aromatic heterocycles. The molecule has 1 amide bonds. The fraction of sp³-hybridized carbons (Fsp3) is 0.474. The maximum Gasteiger partial charge on any atom is 0.223 e. The molecule has 132 valence electrons. The van der Waals surface area contributed by atoms with Crippen molar-refractivity contribution in [3.63, 3.8) is 0 Å². The second-order valence-corrected chi connectivity index (χ2v) is 6.81. The average molecular weight is 339 g/mol. The van der Waals surface area contributed by atoms with Crippen molar-refractivity contribution in [2.75, 3.05) is 18.4 Å². The number of nitrogens with zero attached hydrogens (tertiary/aromatic N) is 4. The van der Waals surface area contributed by atoms with E-state index < -0.39 is 0 Å². The number of hydrogen-bond acceptors (Lipinski definition) is 5. The summed E-state index contributed by atoms with van der Waals surface area (Å²) in [4.78, 5) is 26.9. The number of amides is 1. The summed E-state index contributed by atoms with van der Waals surface area (Å²) in [5.74, 6) is 1.14. The van der Waals surface area contributed by atoms with Crippen LogP contribution in [0.5, 0.6) is 0 Å². The molecule has 3 rings (SSSR count). The number of pyridine rings is 1. The molecule has 2 aromatic rings. The van der Waals surface area contributed by atoms with E-state index in [1.165, 1.54) is 0 Å². The van der Waals surface area contributed by atoms with E-state index in [9.17, 15) is 4.79 Å². The first kappa shape index (κ1) is 17.3. The fourth-order valence-electron chi connectivity index (χ4n) is 3.26. The SMILES string of the molecule is CC(=O)N1CCC(c2nc(NC(C)C)ncc2-c2ccncc2)CC1. The van der Waals surface area contributed by atoms with Gasteiger partial charge in [-0.25, -0.2) is 9.97 Å². The van der Waals surface area contributed by atoms with Crippen LogP contribution in [0.2, 0.25) is 0 Å². The zero-order valence-electron chi connectivity index (χ0n) is 15.1. The van der Waals surface area contributed by atoms with Gasteiger partial charge in [0.2, 0.25) is 11.9 Å². The van der Waals surface area contributed by atoms with Gasteiger partial charge in [-0.05, 0) is 44.4 Å². The highest BCUT2D eigenvalue weighted by atomic mass is 16.2. The molecule has 1 N–H and O–H groups in total. The highest BCUT2D eigenvalue weighted by Gasteiger charge is 2.26. The van der Waals surface area contributed by atoms with Crippen LogP contribution in [0.25, 0.3) is 11.1 Å². The molecule has 1 fully saturated rings. The van der Waals surface area contributed by atoms with Crippen molar-refractivity contribution in [3.05, 3.63) is 36.4 Å². The standard InChI is InChI=1S/C19H25N5O/c1-13(2)22-19-21-12-17(15-4-8-20-9-5-15)18(23-19)16-6-10-24(11-7-16)14(3)25/h4-5,8-9,12-13,16H,6-7,10-11H2,1-3H3,(H,21,22,23). The Bertz CT molecular complexity index is 724. The molecule has 25 heavy (non-hydrogen) atoms. The first-order valence-corrected chi connectivity index (χ1v) is 8.84. The molecule has 0 saturated carbocycles. The minimum atomic E-state index is 0.151. The number of likely N-dealkylation sites (tertiary alicyclic amines) is 1. The molecule has 1 aliphatic rings. The van der Waals surface area contributed by atoms with Crippen LogP contribution in [-0.2, 0) is 4.79 Å². The van der Waals surface area contributed by atoms with Gasteiger partial charge in [0.05, 0.1) is 5.69 Å². The summed E-state index contributed by atoms with van der Waals surface area (Å²) in [5, 5.41) is 3.29. The van der Waals surface area contributed by atoms with Crippen molar-refractivity contribution in [1.29, 1.82) is 0 Å². The van der Waals surface area contributed by atoms with Gasteiger partial charge in [0.15, 0.2) is 0 Å². The molecule has 0 atom stereocenters. The number of aromatic nitrogens is 3. The van der Waals surface area contributed by atoms with Crippen LogP contribution in [0.4, 0.5) is 5.95 Å². The average Bonchev–Trinajstić information content (AvgIpc) is 2.62. The van der Waals surface area contributed by atoms with Crippen LogP contribution >= 0.6 is 0 Å². The molecule has 0 unspecified atom stereocenters. The van der Waals surface area contributed by atoms with E-state index in [-0.39, 0.29) is 11.9 Å². The van der Waals surface area contributed by atoms with Crippen molar-refractivity contribution >= 4 is 11.9 Å². The third-order valence-electron chi connectivity index (χ3n) is 4.55. The Morgan fingerprint density at radius 1 is 1.24 bits per heavy atom. The van der Waals surface area contributed by atoms with Gasteiger partial charge in [-0.3, -0.25) is 9.78 Å². The van der Waals surface area contributed by atoms with E-state index in [1.807, 2.05) is 23.2 Å². The van der Waals surface area contributed by atoms with Gasteiger partial charge >= 0.3 is 0 Å². The zero-order valence-corrected chi connectivity index (χ0v) is 15.1. The Morgan fingerprint density at radius 2 is 1.92 bits per heavy atom. The maximum atomic E-state index is 11.6. The van der Waals surface area contributed by atoms with Crippen molar-refractivity contribution < 1.29 is 4.79 Å². The van der Waals surface area contributed by atoms with Crippen LogP contribution in [0.15, 0.2) is 30.7 Å². The molecule has 0 bridgehead atoms. The predicted octanol–water partition coefficient (Wildman–Crippen LogP) is 3.08. The summed E-state index contributed by atoms with van der Waals surface area (Å²) < 4.78 is 0. The van der Waals surface area contributed by atoms with Crippen molar-refractivity contribution in [3.8, 4) is 11.1 Å². The molecule has 3 heterocycles. The van der Waals surface area contributed by atoms with Gasteiger partial charge in [-0.2, -0.15) is 0 Å². The second-order valence-electron chi connectivity index (χ2n) is 6.81. The third kappa shape index (κ3) is 4.13. The van der Waals surface area contributed by atoms with E-state index in [0.29, 0.717) is 11.9 Å². The molecule has 0 aliphatic carbocycles. The topological polar surface area (TPSA) is 71.0 Å². The Hall–Kier alpha value is -2.50. The lowest BCUT2D eigenvalue weighted by Gasteiger charge is -2.32. The highest BCUT2D eigenvalue weighted by molar-refractivity contribution is 5.73. The van der Waals surface area contributed by atoms with Crippen LogP contribution in [0.3, 0.4) is 0 Å². The van der Waals surface area contributed by atoms with E-state index in [2.05, 4.69) is 29.1 Å². The number of rotatable bonds is 4. The first-order valence-electron chi connectivity index (χ1n) is 8.84. The van der Waals surface area contributed by atoms with Crippen LogP contribution in [0.1, 0.15) is 45.2 Å². The fourth-order valence-corrected chi connectivity index (χ4v) is 3.26. The predicted molar refractivity (Wildman–Crippen MR) is 98.3 cm³/mol. The van der Waals surface area contributed by atoms with Gasteiger partial charge in [0.25, 0.3) is 0 Å². The van der Waals surface area contributed by atoms with Crippen LogP contribution in [0, 0.1) is 0 Å². The van der Waals surface area contributed by atoms with Gasteiger partial charge in [0.1, 0.15) is 0 Å². The molecule has 0 aromatic carbocycles. The molecular weight excluding hydrogens is 314 g/mol. The highest BCUT2D eigenvalue weighted by Crippen LogP contribution is 2.34. The van der Waals surface area contributed by atoms with E-state index in [0.717, 1.165) is 42.8 Å². The van der Waals surface area contributed by atoms with Crippen LogP contribution in [-0.4, -0.2) is 44.9 Å². The van der Waals surface area contributed by atoms with E-state index in [1.54, 1.807) is 19.3 Å².